The van der Waals surface area contributed by atoms with Crippen LogP contribution in [0.15, 0.2) is 65.1 Å². The van der Waals surface area contributed by atoms with Crippen molar-refractivity contribution in [3.8, 4) is 11.6 Å². The first-order valence-electron chi connectivity index (χ1n) is 8.52. The maximum atomic E-state index is 12.9. The first kappa shape index (κ1) is 18.3. The largest absolute Gasteiger partial charge is 0.435 e. The molecule has 0 aliphatic rings. The van der Waals surface area contributed by atoms with E-state index in [0.29, 0.717) is 22.3 Å². The van der Waals surface area contributed by atoms with Crippen molar-refractivity contribution in [3.63, 3.8) is 0 Å². The van der Waals surface area contributed by atoms with Gasteiger partial charge in [-0.25, -0.2) is 20.2 Å². The van der Waals surface area contributed by atoms with E-state index in [9.17, 15) is 14.4 Å². The number of imidazole rings is 1. The normalized spacial score (nSPS) is 11.4. The zero-order valence-corrected chi connectivity index (χ0v) is 15.0. The van der Waals surface area contributed by atoms with E-state index in [0.717, 1.165) is 9.74 Å². The zero-order valence-electron chi connectivity index (χ0n) is 15.0. The summed E-state index contributed by atoms with van der Waals surface area (Å²) >= 11 is 0. The lowest BCUT2D eigenvalue weighted by molar-refractivity contribution is -0.114. The van der Waals surface area contributed by atoms with Crippen molar-refractivity contribution in [1.29, 1.82) is 0 Å². The first-order chi connectivity index (χ1) is 13.9. The van der Waals surface area contributed by atoms with Gasteiger partial charge >= 0.3 is 0 Å². The van der Waals surface area contributed by atoms with Crippen LogP contribution in [0.25, 0.3) is 28.7 Å². The van der Waals surface area contributed by atoms with Crippen LogP contribution in [0.3, 0.4) is 0 Å². The van der Waals surface area contributed by atoms with Crippen LogP contribution in [0.5, 0.6) is 0 Å². The molecule has 2 heterocycles. The molecule has 4 aromatic rings. The van der Waals surface area contributed by atoms with E-state index in [1.165, 1.54) is 48.6 Å². The van der Waals surface area contributed by atoms with E-state index in [2.05, 4.69) is 4.98 Å². The van der Waals surface area contributed by atoms with Gasteiger partial charge in [0.15, 0.2) is 5.76 Å². The number of hydrogen-bond acceptors (Lipinski definition) is 6. The van der Waals surface area contributed by atoms with Crippen molar-refractivity contribution in [1.82, 2.24) is 9.71 Å². The van der Waals surface area contributed by atoms with Gasteiger partial charge in [-0.05, 0) is 48.0 Å². The highest BCUT2D eigenvalue weighted by Gasteiger charge is 2.19. The molecule has 4 rings (SSSR count). The minimum atomic E-state index is -0.555. The van der Waals surface area contributed by atoms with Crippen molar-refractivity contribution < 1.29 is 18.8 Å². The van der Waals surface area contributed by atoms with Crippen molar-refractivity contribution in [2.24, 2.45) is 5.84 Å². The Morgan fingerprint density at radius 2 is 1.93 bits per heavy atom. The number of anilines is 2. The molecular weight excluding hydrogens is 377 g/mol. The number of amides is 1. The topological polar surface area (TPSA) is 124 Å². The highest BCUT2D eigenvalue weighted by atomic mass is 19.1. The average Bonchev–Trinajstić information content (AvgIpc) is 3.32. The number of fused-ring (bicyclic) bond motifs is 1. The maximum absolute atomic E-state index is 12.9. The summed E-state index contributed by atoms with van der Waals surface area (Å²) in [6.07, 6.45) is 2.74. The number of nitrogens with two attached hydrogens (primary N) is 2. The van der Waals surface area contributed by atoms with Gasteiger partial charge in [0, 0.05) is 17.8 Å². The molecule has 0 aliphatic heterocycles. The summed E-state index contributed by atoms with van der Waals surface area (Å²) in [5.41, 5.74) is 7.80. The van der Waals surface area contributed by atoms with Gasteiger partial charge in [0.2, 0.25) is 11.7 Å². The van der Waals surface area contributed by atoms with Crippen molar-refractivity contribution in [2.75, 3.05) is 10.7 Å². The van der Waals surface area contributed by atoms with Gasteiger partial charge in [0.25, 0.3) is 5.91 Å². The minimum absolute atomic E-state index is 0.0559. The highest BCUT2D eigenvalue weighted by molar-refractivity contribution is 6.02. The second-order valence-electron chi connectivity index (χ2n) is 6.23. The van der Waals surface area contributed by atoms with E-state index in [1.54, 1.807) is 18.2 Å². The predicted octanol–water partition coefficient (Wildman–Crippen LogP) is 3.18. The molecule has 0 saturated carbocycles. The molecule has 9 heteroatoms. The summed E-state index contributed by atoms with van der Waals surface area (Å²) in [7, 11) is 0. The Morgan fingerprint density at radius 1 is 1.17 bits per heavy atom. The monoisotopic (exact) mass is 393 g/mol. The Balaban J connectivity index is 1.56. The van der Waals surface area contributed by atoms with Gasteiger partial charge in [-0.15, -0.1) is 0 Å². The lowest BCUT2D eigenvalue weighted by Gasteiger charge is -2.10. The number of rotatable bonds is 4. The average molecular weight is 393 g/mol. The van der Waals surface area contributed by atoms with Gasteiger partial charge < -0.3 is 15.4 Å². The maximum Gasteiger partial charge on any atom is 0.267 e. The zero-order chi connectivity index (χ0) is 20.5. The van der Waals surface area contributed by atoms with E-state index in [1.807, 2.05) is 0 Å². The third-order valence-electron chi connectivity index (χ3n) is 4.23. The van der Waals surface area contributed by atoms with Crippen LogP contribution in [0.1, 0.15) is 5.56 Å². The Bertz CT molecular complexity index is 1230. The van der Waals surface area contributed by atoms with E-state index in [-0.39, 0.29) is 23.3 Å². The number of nitrogens with zero attached hydrogens (tertiary/aromatic N) is 3. The summed E-state index contributed by atoms with van der Waals surface area (Å²) < 4.78 is 19.4. The second kappa shape index (κ2) is 7.13. The summed E-state index contributed by atoms with van der Waals surface area (Å²) in [6.45, 7) is 0. The molecule has 0 atom stereocenters. The summed E-state index contributed by atoms with van der Waals surface area (Å²) in [4.78, 5) is 16.6. The van der Waals surface area contributed by atoms with Gasteiger partial charge in [-0.3, -0.25) is 4.79 Å². The standard InChI is InChI=1S/C20H16FN5O3/c21-13-4-1-12(2-5-13)3-9-18(27)25(23)19-10-8-17(29-19)20-24-15-7-6-14(22)11-16(15)26(20)28/h1-11,28H,22-23H2/b9-3+. The number of hydrogen-bond donors (Lipinski definition) is 3. The lowest BCUT2D eigenvalue weighted by atomic mass is 10.2. The number of nitrogen functional groups attached to an aromatic ring is 1. The van der Waals surface area contributed by atoms with Gasteiger partial charge in [-0.1, -0.05) is 12.1 Å². The molecule has 8 nitrogen and oxygen atoms in total. The van der Waals surface area contributed by atoms with Gasteiger partial charge in [-0.2, -0.15) is 4.73 Å². The molecule has 0 fully saturated rings. The van der Waals surface area contributed by atoms with Gasteiger partial charge in [0.05, 0.1) is 5.52 Å². The SMILES string of the molecule is Nc1ccc2nc(-c3ccc(N(N)C(=O)/C=C/c4ccc(F)cc4)o3)n(O)c2c1. The number of aromatic nitrogens is 2. The van der Waals surface area contributed by atoms with E-state index in [4.69, 9.17) is 16.0 Å². The van der Waals surface area contributed by atoms with E-state index >= 15 is 0 Å². The minimum Gasteiger partial charge on any atom is -0.435 e. The second-order valence-corrected chi connectivity index (χ2v) is 6.23. The lowest BCUT2D eigenvalue weighted by Crippen LogP contribution is -2.35. The molecular formula is C20H16FN5O3. The molecule has 0 unspecified atom stereocenters. The third kappa shape index (κ3) is 3.54. The predicted molar refractivity (Wildman–Crippen MR) is 106 cm³/mol. The molecule has 5 N–H and O–H groups in total. The number of halogens is 1. The third-order valence-corrected chi connectivity index (χ3v) is 4.23. The van der Waals surface area contributed by atoms with Crippen LogP contribution in [0, 0.1) is 5.82 Å². The molecule has 0 spiro atoms. The highest BCUT2D eigenvalue weighted by Crippen LogP contribution is 2.28. The smallest absolute Gasteiger partial charge is 0.267 e. The molecule has 29 heavy (non-hydrogen) atoms. The molecule has 0 aliphatic carbocycles. The molecule has 0 saturated heterocycles. The molecule has 0 bridgehead atoms. The fourth-order valence-corrected chi connectivity index (χ4v) is 2.75. The van der Waals surface area contributed by atoms with Crippen LogP contribution < -0.4 is 16.6 Å². The van der Waals surface area contributed by atoms with Crippen molar-refractivity contribution >= 4 is 34.6 Å². The van der Waals surface area contributed by atoms with E-state index < -0.39 is 5.91 Å². The van der Waals surface area contributed by atoms with Crippen LogP contribution in [0.4, 0.5) is 16.0 Å². The summed E-state index contributed by atoms with van der Waals surface area (Å²) in [6, 6.07) is 13.6. The number of benzene rings is 2. The van der Waals surface area contributed by atoms with Crippen molar-refractivity contribution in [3.05, 3.63) is 72.1 Å². The number of hydrazine groups is 1. The number of carbonyl (C=O) groups excluding carboxylic acids is 1. The molecule has 0 radical (unpaired) electrons. The van der Waals surface area contributed by atoms with Crippen LogP contribution >= 0.6 is 0 Å². The summed E-state index contributed by atoms with van der Waals surface area (Å²) in [5.74, 6) is 5.31. The molecule has 2 aromatic heterocycles. The Morgan fingerprint density at radius 3 is 2.69 bits per heavy atom. The Labute approximate surface area is 164 Å². The number of carbonyl (C=O) groups is 1. The molecule has 146 valence electrons. The Hall–Kier alpha value is -4.11. The first-order valence-corrected chi connectivity index (χ1v) is 8.52. The van der Waals surface area contributed by atoms with Crippen LogP contribution in [-0.4, -0.2) is 20.8 Å². The van der Waals surface area contributed by atoms with Crippen LogP contribution in [0.2, 0.25) is 0 Å². The summed E-state index contributed by atoms with van der Waals surface area (Å²) in [5, 5.41) is 11.2. The van der Waals surface area contributed by atoms with Crippen molar-refractivity contribution in [2.45, 2.75) is 0 Å². The number of furan rings is 1. The fourth-order valence-electron chi connectivity index (χ4n) is 2.75. The Kier molecular flexibility index (Phi) is 4.49. The van der Waals surface area contributed by atoms with Crippen LogP contribution in [-0.2, 0) is 4.79 Å². The quantitative estimate of drug-likeness (QED) is 0.122. The van der Waals surface area contributed by atoms with Gasteiger partial charge in [0.1, 0.15) is 11.3 Å². The molecule has 2 aromatic carbocycles. The fraction of sp³-hybridized carbons (Fsp3) is 0. The molecule has 1 amide bonds.